The van der Waals surface area contributed by atoms with Gasteiger partial charge in [-0.3, -0.25) is 10.1 Å². The number of urea groups is 1. The normalized spacial score (nSPS) is 10.8. The third-order valence-electron chi connectivity index (χ3n) is 3.39. The summed E-state index contributed by atoms with van der Waals surface area (Å²) in [5.41, 5.74) is 0.866. The van der Waals surface area contributed by atoms with Gasteiger partial charge in [0.2, 0.25) is 6.10 Å². The molecular weight excluding hydrogens is 350 g/mol. The lowest BCUT2D eigenvalue weighted by molar-refractivity contribution is -0.158. The molecule has 2 N–H and O–H groups in total. The van der Waals surface area contributed by atoms with Crippen molar-refractivity contribution in [2.75, 3.05) is 13.7 Å². The van der Waals surface area contributed by atoms with E-state index in [2.05, 4.69) is 10.6 Å². The number of ether oxygens (including phenoxy) is 2. The van der Waals surface area contributed by atoms with Crippen molar-refractivity contribution in [2.24, 2.45) is 0 Å². The predicted octanol–water partition coefficient (Wildman–Crippen LogP) is 1.68. The number of nitriles is 1. The summed E-state index contributed by atoms with van der Waals surface area (Å²) >= 11 is 0. The van der Waals surface area contributed by atoms with E-state index in [9.17, 15) is 14.4 Å². The zero-order chi connectivity index (χ0) is 19.6. The summed E-state index contributed by atoms with van der Waals surface area (Å²) < 4.78 is 10.5. The van der Waals surface area contributed by atoms with E-state index in [1.54, 1.807) is 54.6 Å². The van der Waals surface area contributed by atoms with E-state index in [0.29, 0.717) is 16.9 Å². The number of carbonyl (C=O) groups excluding carboxylic acids is 3. The van der Waals surface area contributed by atoms with Crippen LogP contribution >= 0.6 is 0 Å². The molecule has 0 aliphatic carbocycles. The Labute approximate surface area is 155 Å². The quantitative estimate of drug-likeness (QED) is 0.750. The number of nitrogens with zero attached hydrogens (tertiary/aromatic N) is 1. The molecular formula is C19H17N3O5. The predicted molar refractivity (Wildman–Crippen MR) is 94.5 cm³/mol. The van der Waals surface area contributed by atoms with Gasteiger partial charge in [0.15, 0.2) is 6.61 Å². The Balaban J connectivity index is 2.02. The van der Waals surface area contributed by atoms with Crippen LogP contribution in [-0.4, -0.2) is 31.6 Å². The van der Waals surface area contributed by atoms with Gasteiger partial charge >= 0.3 is 12.0 Å². The molecule has 1 atom stereocenters. The summed E-state index contributed by atoms with van der Waals surface area (Å²) in [6, 6.07) is 15.7. The van der Waals surface area contributed by atoms with Gasteiger partial charge in [0.05, 0.1) is 11.6 Å². The first-order valence-corrected chi connectivity index (χ1v) is 7.93. The lowest BCUT2D eigenvalue weighted by Gasteiger charge is -2.17. The van der Waals surface area contributed by atoms with Crippen molar-refractivity contribution < 1.29 is 23.9 Å². The Kier molecular flexibility index (Phi) is 6.91. The van der Waals surface area contributed by atoms with Crippen LogP contribution in [-0.2, 0) is 14.3 Å². The Hall–Kier alpha value is -3.86. The molecule has 0 unspecified atom stereocenters. The van der Waals surface area contributed by atoms with Crippen LogP contribution in [0.4, 0.5) is 4.79 Å². The Morgan fingerprint density at radius 3 is 2.33 bits per heavy atom. The number of nitrogens with one attached hydrogen (secondary N) is 2. The molecule has 2 aromatic rings. The smallest absolute Gasteiger partial charge is 0.345 e. The zero-order valence-corrected chi connectivity index (χ0v) is 14.5. The highest BCUT2D eigenvalue weighted by atomic mass is 16.6. The zero-order valence-electron chi connectivity index (χ0n) is 14.5. The molecule has 3 amide bonds. The number of hydrogen-bond donors (Lipinski definition) is 2. The minimum absolute atomic E-state index is 0.372. The van der Waals surface area contributed by atoms with Crippen LogP contribution in [0, 0.1) is 11.3 Å². The number of esters is 1. The minimum Gasteiger partial charge on any atom is -0.482 e. The second-order valence-corrected chi connectivity index (χ2v) is 5.27. The van der Waals surface area contributed by atoms with Crippen molar-refractivity contribution in [1.82, 2.24) is 10.6 Å². The lowest BCUT2D eigenvalue weighted by atomic mass is 10.1. The fourth-order valence-electron chi connectivity index (χ4n) is 2.07. The average Bonchev–Trinajstić information content (AvgIpc) is 2.71. The van der Waals surface area contributed by atoms with Crippen LogP contribution in [0.1, 0.15) is 17.2 Å². The highest BCUT2D eigenvalue weighted by Gasteiger charge is 2.26. The fourth-order valence-corrected chi connectivity index (χ4v) is 2.07. The van der Waals surface area contributed by atoms with Crippen molar-refractivity contribution in [3.05, 3.63) is 65.7 Å². The molecule has 0 saturated heterocycles. The van der Waals surface area contributed by atoms with Gasteiger partial charge in [-0.2, -0.15) is 5.26 Å². The molecule has 0 fully saturated rings. The van der Waals surface area contributed by atoms with E-state index < -0.39 is 30.6 Å². The highest BCUT2D eigenvalue weighted by Crippen LogP contribution is 2.18. The molecule has 0 bridgehead atoms. The molecule has 0 heterocycles. The van der Waals surface area contributed by atoms with E-state index in [4.69, 9.17) is 14.7 Å². The van der Waals surface area contributed by atoms with Crippen LogP contribution in [0.5, 0.6) is 5.75 Å². The van der Waals surface area contributed by atoms with Crippen LogP contribution in [0.25, 0.3) is 0 Å². The number of benzene rings is 2. The first-order chi connectivity index (χ1) is 13.0. The molecule has 0 radical (unpaired) electrons. The van der Waals surface area contributed by atoms with Gasteiger partial charge in [-0.25, -0.2) is 9.59 Å². The maximum Gasteiger partial charge on any atom is 0.345 e. The number of amides is 3. The molecule has 8 nitrogen and oxygen atoms in total. The summed E-state index contributed by atoms with van der Waals surface area (Å²) in [4.78, 5) is 35.8. The number of rotatable bonds is 6. The monoisotopic (exact) mass is 367 g/mol. The van der Waals surface area contributed by atoms with Crippen molar-refractivity contribution in [3.63, 3.8) is 0 Å². The topological polar surface area (TPSA) is 118 Å². The van der Waals surface area contributed by atoms with Crippen molar-refractivity contribution in [1.29, 1.82) is 5.26 Å². The second kappa shape index (κ2) is 9.58. The van der Waals surface area contributed by atoms with Gasteiger partial charge in [0.25, 0.3) is 5.91 Å². The molecule has 27 heavy (non-hydrogen) atoms. The number of imide groups is 1. The Bertz CT molecular complexity index is 844. The van der Waals surface area contributed by atoms with Crippen LogP contribution in [0.3, 0.4) is 0 Å². The van der Waals surface area contributed by atoms with Crippen LogP contribution in [0.15, 0.2) is 54.6 Å². The molecule has 0 aliphatic heterocycles. The van der Waals surface area contributed by atoms with Gasteiger partial charge in [-0.15, -0.1) is 0 Å². The molecule has 138 valence electrons. The third-order valence-corrected chi connectivity index (χ3v) is 3.39. The fraction of sp³-hybridized carbons (Fsp3) is 0.158. The Morgan fingerprint density at radius 2 is 1.74 bits per heavy atom. The number of carbonyl (C=O) groups is 3. The largest absolute Gasteiger partial charge is 0.482 e. The minimum atomic E-state index is -1.31. The maximum atomic E-state index is 12.3. The molecule has 2 aromatic carbocycles. The molecule has 8 heteroatoms. The van der Waals surface area contributed by atoms with Crippen molar-refractivity contribution in [2.45, 2.75) is 6.10 Å². The summed E-state index contributed by atoms with van der Waals surface area (Å²) in [5.74, 6) is -1.20. The molecule has 0 spiro atoms. The lowest BCUT2D eigenvalue weighted by Crippen LogP contribution is -2.41. The van der Waals surface area contributed by atoms with E-state index in [1.165, 1.54) is 7.05 Å². The molecule has 0 aliphatic rings. The average molecular weight is 367 g/mol. The van der Waals surface area contributed by atoms with Crippen LogP contribution < -0.4 is 15.4 Å². The van der Waals surface area contributed by atoms with Gasteiger partial charge in [0.1, 0.15) is 5.75 Å². The molecule has 2 rings (SSSR count). The van der Waals surface area contributed by atoms with E-state index in [-0.39, 0.29) is 0 Å². The summed E-state index contributed by atoms with van der Waals surface area (Å²) in [5, 5.41) is 13.1. The van der Waals surface area contributed by atoms with Crippen molar-refractivity contribution >= 4 is 17.9 Å². The van der Waals surface area contributed by atoms with E-state index >= 15 is 0 Å². The first kappa shape index (κ1) is 19.5. The van der Waals surface area contributed by atoms with Gasteiger partial charge in [-0.05, 0) is 24.3 Å². The third kappa shape index (κ3) is 5.86. The summed E-state index contributed by atoms with van der Waals surface area (Å²) in [6.45, 7) is -0.442. The second-order valence-electron chi connectivity index (χ2n) is 5.27. The van der Waals surface area contributed by atoms with E-state index in [1.807, 2.05) is 6.07 Å². The molecule has 0 saturated carbocycles. The maximum absolute atomic E-state index is 12.3. The molecule has 0 aromatic heterocycles. The standard InChI is InChI=1S/C19H17N3O5/c1-21-19(25)22-18(24)17(14-5-3-2-4-6-14)27-16(23)12-26-15-9-7-13(11-20)8-10-15/h2-10,17H,12H2,1H3,(H2,21,22,24,25)/t17-/m1/s1. The van der Waals surface area contributed by atoms with E-state index in [0.717, 1.165) is 0 Å². The summed E-state index contributed by atoms with van der Waals surface area (Å²) in [6.07, 6.45) is -1.31. The Morgan fingerprint density at radius 1 is 1.07 bits per heavy atom. The van der Waals surface area contributed by atoms with Gasteiger partial charge < -0.3 is 14.8 Å². The van der Waals surface area contributed by atoms with Gasteiger partial charge in [0, 0.05) is 12.6 Å². The van der Waals surface area contributed by atoms with Crippen LogP contribution in [0.2, 0.25) is 0 Å². The highest BCUT2D eigenvalue weighted by molar-refractivity contribution is 5.97. The van der Waals surface area contributed by atoms with Crippen molar-refractivity contribution in [3.8, 4) is 11.8 Å². The number of hydrogen-bond acceptors (Lipinski definition) is 6. The summed E-state index contributed by atoms with van der Waals surface area (Å²) in [7, 11) is 1.36. The first-order valence-electron chi connectivity index (χ1n) is 7.93. The SMILES string of the molecule is CNC(=O)NC(=O)[C@H](OC(=O)COc1ccc(C#N)cc1)c1ccccc1. The van der Waals surface area contributed by atoms with Gasteiger partial charge in [-0.1, -0.05) is 30.3 Å².